The lowest BCUT2D eigenvalue weighted by Crippen LogP contribution is -2.37. The smallest absolute Gasteiger partial charge is 0.303 e. The van der Waals surface area contributed by atoms with Gasteiger partial charge < -0.3 is 10.0 Å². The number of hydrogen-bond acceptors (Lipinski definition) is 5. The van der Waals surface area contributed by atoms with E-state index in [4.69, 9.17) is 5.11 Å². The van der Waals surface area contributed by atoms with E-state index in [0.717, 1.165) is 0 Å². The van der Waals surface area contributed by atoms with Crippen LogP contribution in [0.4, 0.5) is 10.1 Å². The maximum Gasteiger partial charge on any atom is 0.303 e. The molecule has 2 fully saturated rings. The molecule has 10 heteroatoms. The topological polar surface area (TPSA) is 104 Å². The Kier molecular flexibility index (Phi) is 5.33. The number of carboxylic acids is 1. The number of carbonyl (C=O) groups is 2. The SMILES string of the molecule is O=C(O)CCCC(=O)N=C1S[C@H]2CS(=O)(=O)C[C@H]2N1c1cccc(F)c1. The molecular formula is C16H17FN2O5S2. The van der Waals surface area contributed by atoms with E-state index < -0.39 is 33.6 Å². The first kappa shape index (κ1) is 18.8. The van der Waals surface area contributed by atoms with Crippen LogP contribution in [0.5, 0.6) is 0 Å². The molecule has 0 aliphatic carbocycles. The number of carbonyl (C=O) groups excluding carboxylic acids is 1. The number of amides is 1. The van der Waals surface area contributed by atoms with Crippen molar-refractivity contribution in [2.75, 3.05) is 16.4 Å². The Hall–Kier alpha value is -1.94. The third kappa shape index (κ3) is 4.24. The summed E-state index contributed by atoms with van der Waals surface area (Å²) in [6, 6.07) is 5.30. The Labute approximate surface area is 154 Å². The Balaban J connectivity index is 1.85. The van der Waals surface area contributed by atoms with Crippen LogP contribution < -0.4 is 4.90 Å². The highest BCUT2D eigenvalue weighted by atomic mass is 32.2. The van der Waals surface area contributed by atoms with Gasteiger partial charge in [0.1, 0.15) is 5.82 Å². The minimum Gasteiger partial charge on any atom is -0.481 e. The largest absolute Gasteiger partial charge is 0.481 e. The zero-order valence-electron chi connectivity index (χ0n) is 13.7. The highest BCUT2D eigenvalue weighted by Crippen LogP contribution is 2.41. The summed E-state index contributed by atoms with van der Waals surface area (Å²) in [4.78, 5) is 28.3. The molecule has 0 aromatic heterocycles. The Morgan fingerprint density at radius 3 is 2.77 bits per heavy atom. The Morgan fingerprint density at radius 1 is 1.31 bits per heavy atom. The molecule has 0 spiro atoms. The molecule has 140 valence electrons. The fraction of sp³-hybridized carbons (Fsp3) is 0.438. The fourth-order valence-corrected chi connectivity index (χ4v) is 6.98. The van der Waals surface area contributed by atoms with Gasteiger partial charge in [-0.05, 0) is 24.6 Å². The van der Waals surface area contributed by atoms with Crippen molar-refractivity contribution in [2.45, 2.75) is 30.6 Å². The van der Waals surface area contributed by atoms with Gasteiger partial charge in [0, 0.05) is 23.8 Å². The number of aliphatic carboxylic acids is 1. The van der Waals surface area contributed by atoms with Gasteiger partial charge in [0.2, 0.25) is 5.91 Å². The van der Waals surface area contributed by atoms with Crippen LogP contribution >= 0.6 is 11.8 Å². The standard InChI is InChI=1S/C16H17FN2O5S2/c17-10-3-1-4-11(7-10)19-12-8-26(23,24)9-13(12)25-16(19)18-14(20)5-2-6-15(21)22/h1,3-4,7,12-13H,2,5-6,8-9H2,(H,21,22)/t12-,13+/m1/s1. The first-order chi connectivity index (χ1) is 12.2. The van der Waals surface area contributed by atoms with Crippen molar-refractivity contribution in [3.05, 3.63) is 30.1 Å². The number of amidine groups is 1. The fourth-order valence-electron chi connectivity index (χ4n) is 3.05. The number of thioether (sulfide) groups is 1. The van der Waals surface area contributed by atoms with E-state index in [2.05, 4.69) is 4.99 Å². The number of halogens is 1. The van der Waals surface area contributed by atoms with Crippen LogP contribution in [0.25, 0.3) is 0 Å². The molecule has 1 N–H and O–H groups in total. The number of fused-ring (bicyclic) bond motifs is 1. The average Bonchev–Trinajstić information content (AvgIpc) is 2.97. The van der Waals surface area contributed by atoms with Crippen molar-refractivity contribution in [3.63, 3.8) is 0 Å². The molecule has 0 saturated carbocycles. The van der Waals surface area contributed by atoms with Gasteiger partial charge in [0.05, 0.1) is 17.5 Å². The molecule has 2 saturated heterocycles. The van der Waals surface area contributed by atoms with Crippen LogP contribution in [0.1, 0.15) is 19.3 Å². The molecule has 26 heavy (non-hydrogen) atoms. The molecule has 2 aliphatic rings. The van der Waals surface area contributed by atoms with E-state index in [9.17, 15) is 22.4 Å². The van der Waals surface area contributed by atoms with Gasteiger partial charge in [0.25, 0.3) is 0 Å². The maximum absolute atomic E-state index is 13.6. The minimum absolute atomic E-state index is 0.0129. The van der Waals surface area contributed by atoms with Gasteiger partial charge in [-0.15, -0.1) is 0 Å². The predicted octanol–water partition coefficient (Wildman–Crippen LogP) is 1.68. The van der Waals surface area contributed by atoms with Crippen LogP contribution in [-0.2, 0) is 19.4 Å². The Morgan fingerprint density at radius 2 is 2.08 bits per heavy atom. The Bertz CT molecular complexity index is 871. The number of anilines is 1. The van der Waals surface area contributed by atoms with Crippen molar-refractivity contribution in [1.82, 2.24) is 0 Å². The third-order valence-electron chi connectivity index (χ3n) is 4.15. The number of carboxylic acid groups (broad SMARTS) is 1. The molecule has 2 heterocycles. The van der Waals surface area contributed by atoms with E-state index in [1.54, 1.807) is 11.0 Å². The molecule has 1 amide bonds. The van der Waals surface area contributed by atoms with Crippen molar-refractivity contribution < 1.29 is 27.5 Å². The molecule has 2 aliphatic heterocycles. The van der Waals surface area contributed by atoms with Crippen LogP contribution in [0, 0.1) is 5.82 Å². The van der Waals surface area contributed by atoms with Crippen molar-refractivity contribution >= 4 is 44.3 Å². The van der Waals surface area contributed by atoms with Crippen LogP contribution in [0.3, 0.4) is 0 Å². The first-order valence-corrected chi connectivity index (χ1v) is 10.7. The average molecular weight is 400 g/mol. The molecule has 3 rings (SSSR count). The normalized spacial score (nSPS) is 25.4. The van der Waals surface area contributed by atoms with E-state index in [0.29, 0.717) is 10.9 Å². The maximum atomic E-state index is 13.6. The van der Waals surface area contributed by atoms with Gasteiger partial charge in [-0.1, -0.05) is 17.8 Å². The summed E-state index contributed by atoms with van der Waals surface area (Å²) in [5, 5.41) is 8.70. The lowest BCUT2D eigenvalue weighted by atomic mass is 10.2. The summed E-state index contributed by atoms with van der Waals surface area (Å²) >= 11 is 1.20. The van der Waals surface area contributed by atoms with Crippen molar-refractivity contribution in [2.24, 2.45) is 4.99 Å². The number of sulfone groups is 1. The molecule has 7 nitrogen and oxygen atoms in total. The second-order valence-electron chi connectivity index (χ2n) is 6.19. The molecule has 0 unspecified atom stereocenters. The number of aliphatic imine (C=N–C) groups is 1. The number of nitrogens with zero attached hydrogens (tertiary/aromatic N) is 2. The zero-order chi connectivity index (χ0) is 18.9. The predicted molar refractivity (Wildman–Crippen MR) is 96.6 cm³/mol. The second kappa shape index (κ2) is 7.36. The van der Waals surface area contributed by atoms with Crippen molar-refractivity contribution in [3.8, 4) is 0 Å². The van der Waals surface area contributed by atoms with Crippen LogP contribution in [0.15, 0.2) is 29.3 Å². The van der Waals surface area contributed by atoms with Crippen molar-refractivity contribution in [1.29, 1.82) is 0 Å². The first-order valence-electron chi connectivity index (χ1n) is 8.00. The van der Waals surface area contributed by atoms with E-state index in [-0.39, 0.29) is 36.0 Å². The van der Waals surface area contributed by atoms with Gasteiger partial charge in [-0.3, -0.25) is 9.59 Å². The number of hydrogen-bond donors (Lipinski definition) is 1. The second-order valence-corrected chi connectivity index (χ2v) is 9.55. The highest BCUT2D eigenvalue weighted by Gasteiger charge is 2.49. The zero-order valence-corrected chi connectivity index (χ0v) is 15.3. The lowest BCUT2D eigenvalue weighted by molar-refractivity contribution is -0.137. The van der Waals surface area contributed by atoms with E-state index in [1.807, 2.05) is 0 Å². The van der Waals surface area contributed by atoms with Gasteiger partial charge in [-0.25, -0.2) is 12.8 Å². The van der Waals surface area contributed by atoms with E-state index in [1.165, 1.54) is 30.0 Å². The van der Waals surface area contributed by atoms with E-state index >= 15 is 0 Å². The summed E-state index contributed by atoms with van der Waals surface area (Å²) in [6.45, 7) is 0. The molecule has 0 bridgehead atoms. The molecule has 1 aromatic rings. The summed E-state index contributed by atoms with van der Waals surface area (Å²) in [7, 11) is -3.19. The third-order valence-corrected chi connectivity index (χ3v) is 7.36. The summed E-state index contributed by atoms with van der Waals surface area (Å²) in [5.41, 5.74) is 0.444. The quantitative estimate of drug-likeness (QED) is 0.802. The summed E-state index contributed by atoms with van der Waals surface area (Å²) < 4.78 is 37.5. The monoisotopic (exact) mass is 400 g/mol. The molecule has 0 radical (unpaired) electrons. The summed E-state index contributed by atoms with van der Waals surface area (Å²) in [6.07, 6.45) is 0.0403. The number of benzene rings is 1. The van der Waals surface area contributed by atoms with Gasteiger partial charge in [-0.2, -0.15) is 4.99 Å². The highest BCUT2D eigenvalue weighted by molar-refractivity contribution is 8.16. The number of rotatable bonds is 5. The lowest BCUT2D eigenvalue weighted by Gasteiger charge is -2.24. The minimum atomic E-state index is -3.19. The van der Waals surface area contributed by atoms with Crippen LogP contribution in [0.2, 0.25) is 0 Å². The summed E-state index contributed by atoms with van der Waals surface area (Å²) in [5.74, 6) is -2.02. The van der Waals surface area contributed by atoms with Crippen LogP contribution in [-0.4, -0.2) is 53.4 Å². The van der Waals surface area contributed by atoms with Gasteiger partial charge in [0.15, 0.2) is 15.0 Å². The van der Waals surface area contributed by atoms with Gasteiger partial charge >= 0.3 is 5.97 Å². The molecule has 2 atom stereocenters. The molecular weight excluding hydrogens is 383 g/mol. The molecule has 1 aromatic carbocycles.